The van der Waals surface area contributed by atoms with Crippen molar-refractivity contribution in [2.45, 2.75) is 26.3 Å². The van der Waals surface area contributed by atoms with E-state index in [2.05, 4.69) is 5.32 Å². The zero-order valence-corrected chi connectivity index (χ0v) is 16.1. The van der Waals surface area contributed by atoms with Gasteiger partial charge in [-0.25, -0.2) is 8.42 Å². The highest BCUT2D eigenvalue weighted by Gasteiger charge is 2.27. The molecule has 1 saturated heterocycles. The van der Waals surface area contributed by atoms with Crippen molar-refractivity contribution < 1.29 is 13.2 Å². The SMILES string of the molecule is Cc1ccc(C(=O)NCc2cccc(Cl)c2)cc1N1CCCCS1(=O)=O. The van der Waals surface area contributed by atoms with Gasteiger partial charge in [0.25, 0.3) is 5.91 Å². The molecule has 2 aromatic carbocycles. The summed E-state index contributed by atoms with van der Waals surface area (Å²) in [5.74, 6) is -0.0990. The van der Waals surface area contributed by atoms with E-state index in [0.717, 1.165) is 17.5 Å². The third kappa shape index (κ3) is 4.19. The average molecular weight is 393 g/mol. The Labute approximate surface area is 159 Å². The summed E-state index contributed by atoms with van der Waals surface area (Å²) < 4.78 is 26.2. The second kappa shape index (κ2) is 7.68. The van der Waals surface area contributed by atoms with E-state index in [1.807, 2.05) is 19.1 Å². The second-order valence-electron chi connectivity index (χ2n) is 6.41. The molecule has 3 rings (SSSR count). The smallest absolute Gasteiger partial charge is 0.251 e. The van der Waals surface area contributed by atoms with Gasteiger partial charge in [0.1, 0.15) is 0 Å². The van der Waals surface area contributed by atoms with Crippen molar-refractivity contribution in [2.24, 2.45) is 0 Å². The van der Waals surface area contributed by atoms with Gasteiger partial charge in [-0.05, 0) is 55.2 Å². The monoisotopic (exact) mass is 392 g/mol. The number of carbonyl (C=O) groups is 1. The van der Waals surface area contributed by atoms with E-state index in [9.17, 15) is 13.2 Å². The van der Waals surface area contributed by atoms with E-state index in [1.54, 1.807) is 30.3 Å². The van der Waals surface area contributed by atoms with Crippen LogP contribution >= 0.6 is 11.6 Å². The summed E-state index contributed by atoms with van der Waals surface area (Å²) in [6, 6.07) is 12.4. The number of nitrogens with one attached hydrogen (secondary N) is 1. The lowest BCUT2D eigenvalue weighted by atomic mass is 10.1. The minimum absolute atomic E-state index is 0.150. The summed E-state index contributed by atoms with van der Waals surface area (Å²) in [4.78, 5) is 12.5. The van der Waals surface area contributed by atoms with Crippen molar-refractivity contribution in [1.29, 1.82) is 0 Å². The fourth-order valence-electron chi connectivity index (χ4n) is 3.01. The lowest BCUT2D eigenvalue weighted by Gasteiger charge is -2.29. The summed E-state index contributed by atoms with van der Waals surface area (Å²) in [6.07, 6.45) is 1.50. The molecule has 0 radical (unpaired) electrons. The van der Waals surface area contributed by atoms with Gasteiger partial charge in [-0.2, -0.15) is 0 Å². The second-order valence-corrected chi connectivity index (χ2v) is 8.86. The highest BCUT2D eigenvalue weighted by Crippen LogP contribution is 2.28. The van der Waals surface area contributed by atoms with Crippen LogP contribution in [0.1, 0.15) is 34.3 Å². The number of benzene rings is 2. The molecular weight excluding hydrogens is 372 g/mol. The number of carbonyl (C=O) groups excluding carboxylic acids is 1. The lowest BCUT2D eigenvalue weighted by Crippen LogP contribution is -2.38. The van der Waals surface area contributed by atoms with Gasteiger partial charge in [0.2, 0.25) is 10.0 Å². The van der Waals surface area contributed by atoms with Crippen molar-refractivity contribution >= 4 is 33.2 Å². The fourth-order valence-corrected chi connectivity index (χ4v) is 4.92. The molecule has 1 fully saturated rings. The predicted octanol–water partition coefficient (Wildman–Crippen LogP) is 3.51. The molecule has 138 valence electrons. The van der Waals surface area contributed by atoms with Crippen molar-refractivity contribution in [3.63, 3.8) is 0 Å². The molecule has 0 aliphatic carbocycles. The first-order valence-corrected chi connectivity index (χ1v) is 10.5. The predicted molar refractivity (Wildman–Crippen MR) is 104 cm³/mol. The fraction of sp³-hybridized carbons (Fsp3) is 0.316. The molecule has 0 bridgehead atoms. The van der Waals surface area contributed by atoms with Gasteiger partial charge in [0.05, 0.1) is 11.4 Å². The quantitative estimate of drug-likeness (QED) is 0.865. The van der Waals surface area contributed by atoms with Crippen molar-refractivity contribution in [3.8, 4) is 0 Å². The van der Waals surface area contributed by atoms with Crippen LogP contribution in [0.15, 0.2) is 42.5 Å². The molecule has 0 saturated carbocycles. The normalized spacial score (nSPS) is 16.3. The third-order valence-corrected chi connectivity index (χ3v) is 6.52. The maximum atomic E-state index is 12.5. The van der Waals surface area contributed by atoms with Crippen LogP contribution in [0.5, 0.6) is 0 Å². The number of hydrogen-bond donors (Lipinski definition) is 1. The van der Waals surface area contributed by atoms with Gasteiger partial charge in [-0.1, -0.05) is 29.8 Å². The standard InChI is InChI=1S/C19H21ClN2O3S/c1-14-7-8-16(12-18(14)22-9-2-3-10-26(22,24)25)19(23)21-13-15-5-4-6-17(20)11-15/h4-8,11-12H,2-3,9-10,13H2,1H3,(H,21,23). The minimum Gasteiger partial charge on any atom is -0.348 e. The molecule has 0 unspecified atom stereocenters. The van der Waals surface area contributed by atoms with Gasteiger partial charge < -0.3 is 5.32 Å². The maximum Gasteiger partial charge on any atom is 0.251 e. The van der Waals surface area contributed by atoms with Gasteiger partial charge in [0.15, 0.2) is 0 Å². The van der Waals surface area contributed by atoms with E-state index >= 15 is 0 Å². The zero-order valence-electron chi connectivity index (χ0n) is 14.5. The number of aryl methyl sites for hydroxylation is 1. The van der Waals surface area contributed by atoms with E-state index in [0.29, 0.717) is 35.8 Å². The minimum atomic E-state index is -3.31. The van der Waals surface area contributed by atoms with Crippen molar-refractivity contribution in [2.75, 3.05) is 16.6 Å². The number of halogens is 1. The van der Waals surface area contributed by atoms with Crippen LogP contribution in [0.2, 0.25) is 5.02 Å². The molecule has 26 heavy (non-hydrogen) atoms. The van der Waals surface area contributed by atoms with Gasteiger partial charge in [0, 0.05) is 23.7 Å². The Morgan fingerprint density at radius 1 is 1.19 bits per heavy atom. The Morgan fingerprint density at radius 2 is 2.00 bits per heavy atom. The topological polar surface area (TPSA) is 66.5 Å². The summed E-state index contributed by atoms with van der Waals surface area (Å²) in [7, 11) is -3.31. The number of rotatable bonds is 4. The first kappa shape index (κ1) is 18.7. The maximum absolute atomic E-state index is 12.5. The first-order valence-electron chi connectivity index (χ1n) is 8.50. The molecule has 1 N–H and O–H groups in total. The molecule has 0 atom stereocenters. The van der Waals surface area contributed by atoms with E-state index in [-0.39, 0.29) is 11.7 Å². The summed E-state index contributed by atoms with van der Waals surface area (Å²) in [5, 5.41) is 3.46. The van der Waals surface area contributed by atoms with E-state index in [4.69, 9.17) is 11.6 Å². The molecule has 1 amide bonds. The summed E-state index contributed by atoms with van der Waals surface area (Å²) in [5.41, 5.74) is 2.76. The Bertz CT molecular complexity index is 928. The van der Waals surface area contributed by atoms with Crippen LogP contribution < -0.4 is 9.62 Å². The van der Waals surface area contributed by atoms with Crippen LogP contribution in [0.25, 0.3) is 0 Å². The van der Waals surface area contributed by atoms with Gasteiger partial charge in [-0.15, -0.1) is 0 Å². The number of anilines is 1. The van der Waals surface area contributed by atoms with Crippen LogP contribution in [0, 0.1) is 6.92 Å². The van der Waals surface area contributed by atoms with Crippen molar-refractivity contribution in [1.82, 2.24) is 5.32 Å². The number of amides is 1. The first-order chi connectivity index (χ1) is 12.4. The van der Waals surface area contributed by atoms with Crippen LogP contribution in [-0.4, -0.2) is 26.6 Å². The largest absolute Gasteiger partial charge is 0.348 e. The van der Waals surface area contributed by atoms with Crippen LogP contribution in [0.3, 0.4) is 0 Å². The molecule has 7 heteroatoms. The number of hydrogen-bond acceptors (Lipinski definition) is 3. The molecule has 1 aliphatic heterocycles. The Hall–Kier alpha value is -2.05. The molecule has 1 heterocycles. The van der Waals surface area contributed by atoms with Crippen LogP contribution in [0.4, 0.5) is 5.69 Å². The Morgan fingerprint density at radius 3 is 2.73 bits per heavy atom. The number of nitrogens with zero attached hydrogens (tertiary/aromatic N) is 1. The molecule has 0 spiro atoms. The van der Waals surface area contributed by atoms with E-state index < -0.39 is 10.0 Å². The van der Waals surface area contributed by atoms with E-state index in [1.165, 1.54) is 4.31 Å². The molecular formula is C19H21ClN2O3S. The summed E-state index contributed by atoms with van der Waals surface area (Å²) in [6.45, 7) is 2.66. The summed E-state index contributed by atoms with van der Waals surface area (Å²) >= 11 is 5.95. The zero-order chi connectivity index (χ0) is 18.7. The van der Waals surface area contributed by atoms with Gasteiger partial charge >= 0.3 is 0 Å². The third-order valence-electron chi connectivity index (χ3n) is 4.43. The highest BCUT2D eigenvalue weighted by molar-refractivity contribution is 7.92. The molecule has 5 nitrogen and oxygen atoms in total. The Kier molecular flexibility index (Phi) is 5.53. The van der Waals surface area contributed by atoms with Gasteiger partial charge in [-0.3, -0.25) is 9.10 Å². The molecule has 1 aliphatic rings. The van der Waals surface area contributed by atoms with Crippen molar-refractivity contribution in [3.05, 3.63) is 64.2 Å². The highest BCUT2D eigenvalue weighted by atomic mass is 35.5. The Balaban J connectivity index is 1.79. The average Bonchev–Trinajstić information content (AvgIpc) is 2.60. The van der Waals surface area contributed by atoms with Crippen LogP contribution in [-0.2, 0) is 16.6 Å². The molecule has 0 aromatic heterocycles. The lowest BCUT2D eigenvalue weighted by molar-refractivity contribution is 0.0951. The number of sulfonamides is 1. The molecule has 2 aromatic rings.